The van der Waals surface area contributed by atoms with Gasteiger partial charge in [0.2, 0.25) is 0 Å². The second kappa shape index (κ2) is 4.44. The average Bonchev–Trinajstić information content (AvgIpc) is 2.38. The minimum atomic E-state index is -3.55. The van der Waals surface area contributed by atoms with Crippen LogP contribution in [0.25, 0.3) is 0 Å². The predicted molar refractivity (Wildman–Crippen MR) is 51.4 cm³/mol. The summed E-state index contributed by atoms with van der Waals surface area (Å²) in [5, 5.41) is 2.37. The van der Waals surface area contributed by atoms with Crippen LogP contribution in [0, 0.1) is 5.92 Å². The maximum Gasteiger partial charge on any atom is 0.264 e. The van der Waals surface area contributed by atoms with E-state index in [2.05, 4.69) is 9.50 Å². The molecule has 15 heavy (non-hydrogen) atoms. The molecule has 0 aromatic rings. The van der Waals surface area contributed by atoms with E-state index in [9.17, 15) is 17.6 Å². The van der Waals surface area contributed by atoms with Crippen molar-refractivity contribution in [2.24, 2.45) is 5.92 Å². The summed E-state index contributed by atoms with van der Waals surface area (Å²) in [6.07, 6.45) is -0.196. The molecule has 88 valence electrons. The van der Waals surface area contributed by atoms with Gasteiger partial charge in [-0.3, -0.25) is 8.98 Å². The van der Waals surface area contributed by atoms with Gasteiger partial charge in [-0.1, -0.05) is 6.92 Å². The summed E-state index contributed by atoms with van der Waals surface area (Å²) < 4.78 is 39.2. The lowest BCUT2D eigenvalue weighted by atomic mass is 9.97. The Hall–Kier alpha value is -0.690. The number of carbonyl (C=O) groups is 1. The third-order valence-corrected chi connectivity index (χ3v) is 2.97. The molecule has 1 saturated heterocycles. The zero-order valence-corrected chi connectivity index (χ0v) is 9.38. The van der Waals surface area contributed by atoms with E-state index < -0.39 is 34.2 Å². The molecule has 0 unspecified atom stereocenters. The first-order chi connectivity index (χ1) is 6.85. The van der Waals surface area contributed by atoms with E-state index in [1.165, 1.54) is 0 Å². The highest BCUT2D eigenvalue weighted by atomic mass is 32.2. The average molecular weight is 239 g/mol. The maximum absolute atomic E-state index is 13.2. The van der Waals surface area contributed by atoms with Crippen LogP contribution in [-0.4, -0.2) is 39.4 Å². The summed E-state index contributed by atoms with van der Waals surface area (Å²) >= 11 is 0. The molecule has 0 radical (unpaired) electrons. The number of carbonyl (C=O) groups excluding carboxylic acids is 1. The zero-order chi connectivity index (χ0) is 11.6. The number of halogens is 1. The van der Waals surface area contributed by atoms with E-state index in [4.69, 9.17) is 0 Å². The fourth-order valence-electron chi connectivity index (χ4n) is 1.62. The van der Waals surface area contributed by atoms with Gasteiger partial charge in [-0.2, -0.15) is 8.42 Å². The molecule has 0 aromatic carbocycles. The Balaban J connectivity index is 2.59. The normalized spacial score (nSPS) is 31.7. The molecule has 1 amide bonds. The summed E-state index contributed by atoms with van der Waals surface area (Å²) in [5.41, 5.74) is 0. The lowest BCUT2D eigenvalue weighted by Crippen LogP contribution is -2.34. The summed E-state index contributed by atoms with van der Waals surface area (Å²) in [6.45, 7) is 1.54. The first-order valence-electron chi connectivity index (χ1n) is 4.64. The highest BCUT2D eigenvalue weighted by Gasteiger charge is 2.41. The van der Waals surface area contributed by atoms with Crippen LogP contribution < -0.4 is 5.32 Å². The van der Waals surface area contributed by atoms with Gasteiger partial charge < -0.3 is 5.32 Å². The number of hydrogen-bond acceptors (Lipinski definition) is 4. The van der Waals surface area contributed by atoms with E-state index in [1.54, 1.807) is 6.92 Å². The SMILES string of the molecule is CC[C@@H]1[C@H](F)C(=O)N[C@@H]1COS(C)(=O)=O. The molecule has 7 heteroatoms. The fraction of sp³-hybridized carbons (Fsp3) is 0.875. The van der Waals surface area contributed by atoms with E-state index in [1.807, 2.05) is 0 Å². The Labute approximate surface area is 88.1 Å². The highest BCUT2D eigenvalue weighted by molar-refractivity contribution is 7.85. The molecule has 1 aliphatic heterocycles. The third kappa shape index (κ3) is 3.13. The minimum absolute atomic E-state index is 0.205. The summed E-state index contributed by atoms with van der Waals surface area (Å²) in [7, 11) is -3.55. The van der Waals surface area contributed by atoms with Crippen molar-refractivity contribution in [3.05, 3.63) is 0 Å². The van der Waals surface area contributed by atoms with Crippen LogP contribution in [-0.2, 0) is 19.1 Å². The Kier molecular flexibility index (Phi) is 3.67. The van der Waals surface area contributed by atoms with Crippen molar-refractivity contribution in [1.82, 2.24) is 5.32 Å². The molecular formula is C8H14FNO4S. The molecule has 1 N–H and O–H groups in total. The number of alkyl halides is 1. The standard InChI is InChI=1S/C8H14FNO4S/c1-3-5-6(4-14-15(2,12)13)10-8(11)7(5)9/h5-7H,3-4H2,1-2H3,(H,10,11)/t5-,6+,7-/m0/s1. The van der Waals surface area contributed by atoms with Gasteiger partial charge in [0, 0.05) is 5.92 Å². The summed E-state index contributed by atoms with van der Waals surface area (Å²) in [5.74, 6) is -1.21. The van der Waals surface area contributed by atoms with Crippen LogP contribution in [0.3, 0.4) is 0 Å². The van der Waals surface area contributed by atoms with Crippen LogP contribution >= 0.6 is 0 Å². The second-order valence-electron chi connectivity index (χ2n) is 3.58. The molecule has 5 nitrogen and oxygen atoms in total. The molecule has 1 fully saturated rings. The molecule has 0 saturated carbocycles. The van der Waals surface area contributed by atoms with E-state index in [0.29, 0.717) is 6.42 Å². The molecule has 0 bridgehead atoms. The zero-order valence-electron chi connectivity index (χ0n) is 8.57. The first-order valence-corrected chi connectivity index (χ1v) is 6.45. The number of nitrogens with one attached hydrogen (secondary N) is 1. The molecule has 1 aliphatic rings. The molecule has 3 atom stereocenters. The van der Waals surface area contributed by atoms with Crippen LogP contribution in [0.4, 0.5) is 4.39 Å². The number of amides is 1. The fourth-order valence-corrected chi connectivity index (χ4v) is 2.02. The van der Waals surface area contributed by atoms with Gasteiger partial charge in [0.1, 0.15) is 0 Å². The monoisotopic (exact) mass is 239 g/mol. The molecule has 1 rings (SSSR count). The van der Waals surface area contributed by atoms with Crippen LogP contribution in [0.5, 0.6) is 0 Å². The van der Waals surface area contributed by atoms with Crippen LogP contribution in [0.1, 0.15) is 13.3 Å². The topological polar surface area (TPSA) is 72.5 Å². The highest BCUT2D eigenvalue weighted by Crippen LogP contribution is 2.23. The first kappa shape index (κ1) is 12.4. The Morgan fingerprint density at radius 1 is 1.53 bits per heavy atom. The van der Waals surface area contributed by atoms with Gasteiger partial charge in [0.15, 0.2) is 6.17 Å². The molecule has 1 heterocycles. The van der Waals surface area contributed by atoms with Gasteiger partial charge in [0.05, 0.1) is 18.9 Å². The Morgan fingerprint density at radius 3 is 2.60 bits per heavy atom. The van der Waals surface area contributed by atoms with Crippen LogP contribution in [0.2, 0.25) is 0 Å². The van der Waals surface area contributed by atoms with Gasteiger partial charge in [-0.25, -0.2) is 4.39 Å². The summed E-state index contributed by atoms with van der Waals surface area (Å²) in [6, 6.07) is -0.563. The quantitative estimate of drug-likeness (QED) is 0.691. The Bertz CT molecular complexity index is 343. The lowest BCUT2D eigenvalue weighted by Gasteiger charge is -2.16. The minimum Gasteiger partial charge on any atom is -0.348 e. The summed E-state index contributed by atoms with van der Waals surface area (Å²) in [4.78, 5) is 11.0. The third-order valence-electron chi connectivity index (χ3n) is 2.40. The van der Waals surface area contributed by atoms with Crippen molar-refractivity contribution in [3.8, 4) is 0 Å². The van der Waals surface area contributed by atoms with Crippen molar-refractivity contribution in [1.29, 1.82) is 0 Å². The molecular weight excluding hydrogens is 225 g/mol. The van der Waals surface area contributed by atoms with Gasteiger partial charge >= 0.3 is 0 Å². The van der Waals surface area contributed by atoms with Crippen LogP contribution in [0.15, 0.2) is 0 Å². The second-order valence-corrected chi connectivity index (χ2v) is 5.22. The maximum atomic E-state index is 13.2. The van der Waals surface area contributed by atoms with Crippen molar-refractivity contribution >= 4 is 16.0 Å². The van der Waals surface area contributed by atoms with Crippen molar-refractivity contribution in [3.63, 3.8) is 0 Å². The molecule has 0 aromatic heterocycles. The van der Waals surface area contributed by atoms with E-state index in [-0.39, 0.29) is 6.61 Å². The van der Waals surface area contributed by atoms with E-state index >= 15 is 0 Å². The van der Waals surface area contributed by atoms with Crippen molar-refractivity contribution in [2.45, 2.75) is 25.6 Å². The van der Waals surface area contributed by atoms with Crippen molar-refractivity contribution < 1.29 is 21.8 Å². The Morgan fingerprint density at radius 2 is 2.13 bits per heavy atom. The van der Waals surface area contributed by atoms with Crippen molar-refractivity contribution in [2.75, 3.05) is 12.9 Å². The van der Waals surface area contributed by atoms with Gasteiger partial charge in [-0.15, -0.1) is 0 Å². The van der Waals surface area contributed by atoms with Gasteiger partial charge in [0.25, 0.3) is 16.0 Å². The molecule has 0 aliphatic carbocycles. The largest absolute Gasteiger partial charge is 0.348 e. The number of rotatable bonds is 4. The predicted octanol–water partition coefficient (Wildman–Crippen LogP) is -0.175. The van der Waals surface area contributed by atoms with Gasteiger partial charge in [-0.05, 0) is 6.42 Å². The molecule has 0 spiro atoms. The number of hydrogen-bond donors (Lipinski definition) is 1. The lowest BCUT2D eigenvalue weighted by molar-refractivity contribution is -0.123. The van der Waals surface area contributed by atoms with E-state index in [0.717, 1.165) is 6.26 Å². The smallest absolute Gasteiger partial charge is 0.264 e.